The third kappa shape index (κ3) is 3.73. The number of ether oxygens (including phenoxy) is 2. The highest BCUT2D eigenvalue weighted by Crippen LogP contribution is 2.38. The van der Waals surface area contributed by atoms with Crippen LogP contribution >= 0.6 is 0 Å². The highest BCUT2D eigenvalue weighted by molar-refractivity contribution is 6.57. The largest absolute Gasteiger partial charge is 0.457 e. The quantitative estimate of drug-likeness (QED) is 0.197. The van der Waals surface area contributed by atoms with Gasteiger partial charge in [0.1, 0.15) is 23.0 Å². The summed E-state index contributed by atoms with van der Waals surface area (Å²) in [5.74, 6) is 1.35. The normalized spacial score (nSPS) is 12.1. The Labute approximate surface area is 206 Å². The van der Waals surface area contributed by atoms with Gasteiger partial charge in [0, 0.05) is 33.0 Å². The Balaban J connectivity index is 1.20. The molecule has 5 aromatic rings. The van der Waals surface area contributed by atoms with Gasteiger partial charge in [-0.3, -0.25) is 14.4 Å². The summed E-state index contributed by atoms with van der Waals surface area (Å²) < 4.78 is 11.8. The van der Waals surface area contributed by atoms with Crippen molar-refractivity contribution in [3.05, 3.63) is 131 Å². The second kappa shape index (κ2) is 8.64. The molecule has 0 bridgehead atoms. The molecular weight excluding hydrogens is 452 g/mol. The monoisotopic (exact) mass is 470 g/mol. The number of benzene rings is 5. The molecule has 1 aliphatic rings. The van der Waals surface area contributed by atoms with Crippen LogP contribution in [-0.2, 0) is 0 Å². The number of Topliss-reactive ketones (excluding diaryl/α,β-unsaturated/α-hetero) is 2. The Kier molecular flexibility index (Phi) is 5.16. The number of hydrogen-bond donors (Lipinski definition) is 0. The Bertz CT molecular complexity index is 1630. The van der Waals surface area contributed by atoms with Gasteiger partial charge in [-0.2, -0.15) is 0 Å². The summed E-state index contributed by atoms with van der Waals surface area (Å²) in [6.45, 7) is 0. The van der Waals surface area contributed by atoms with Gasteiger partial charge in [-0.05, 0) is 72.8 Å². The van der Waals surface area contributed by atoms with Crippen LogP contribution in [0, 0.1) is 0 Å². The maximum atomic E-state index is 13.0. The molecule has 5 nitrogen and oxygen atoms in total. The highest BCUT2D eigenvalue weighted by atomic mass is 16.5. The van der Waals surface area contributed by atoms with Gasteiger partial charge in [-0.15, -0.1) is 0 Å². The SMILES string of the molecule is O=C(c1ccc(Oc2ccccc2)cc1)c1ccc(Oc2ccc3c4c(cccc24)C(=O)C3=O)cc1. The zero-order valence-electron chi connectivity index (χ0n) is 18.9. The van der Waals surface area contributed by atoms with Gasteiger partial charge in [0.05, 0.1) is 0 Å². The molecule has 0 atom stereocenters. The van der Waals surface area contributed by atoms with Crippen molar-refractivity contribution in [3.63, 3.8) is 0 Å². The van der Waals surface area contributed by atoms with Gasteiger partial charge in [0.2, 0.25) is 11.6 Å². The third-order valence-corrected chi connectivity index (χ3v) is 6.14. The molecule has 0 aliphatic heterocycles. The van der Waals surface area contributed by atoms with Gasteiger partial charge in [0.25, 0.3) is 0 Å². The first-order valence-corrected chi connectivity index (χ1v) is 11.4. The van der Waals surface area contributed by atoms with Gasteiger partial charge < -0.3 is 9.47 Å². The maximum Gasteiger partial charge on any atom is 0.234 e. The number of ketones is 3. The van der Waals surface area contributed by atoms with Gasteiger partial charge >= 0.3 is 0 Å². The van der Waals surface area contributed by atoms with Crippen molar-refractivity contribution >= 4 is 28.1 Å². The molecule has 0 amide bonds. The number of hydrogen-bond acceptors (Lipinski definition) is 5. The highest BCUT2D eigenvalue weighted by Gasteiger charge is 2.31. The fourth-order valence-corrected chi connectivity index (χ4v) is 4.36. The number of carbonyl (C=O) groups is 3. The van der Waals surface area contributed by atoms with E-state index in [1.165, 1.54) is 0 Å². The molecule has 0 aromatic heterocycles. The van der Waals surface area contributed by atoms with Crippen molar-refractivity contribution in [2.24, 2.45) is 0 Å². The molecule has 36 heavy (non-hydrogen) atoms. The van der Waals surface area contributed by atoms with Crippen LogP contribution in [0.5, 0.6) is 23.0 Å². The molecule has 6 rings (SSSR count). The molecular formula is C31H18O5. The summed E-state index contributed by atoms with van der Waals surface area (Å²) in [6.07, 6.45) is 0. The molecule has 5 aromatic carbocycles. The number of rotatable bonds is 6. The van der Waals surface area contributed by atoms with Crippen LogP contribution in [0.1, 0.15) is 36.6 Å². The topological polar surface area (TPSA) is 69.7 Å². The predicted octanol–water partition coefficient (Wildman–Crippen LogP) is 7.03. The second-order valence-corrected chi connectivity index (χ2v) is 8.39. The molecule has 0 spiro atoms. The van der Waals surface area contributed by atoms with E-state index < -0.39 is 11.6 Å². The lowest BCUT2D eigenvalue weighted by atomic mass is 10.0. The second-order valence-electron chi connectivity index (χ2n) is 8.39. The van der Waals surface area contributed by atoms with Crippen LogP contribution in [0.2, 0.25) is 0 Å². The first kappa shape index (κ1) is 21.5. The Morgan fingerprint density at radius 1 is 0.500 bits per heavy atom. The van der Waals surface area contributed by atoms with E-state index >= 15 is 0 Å². The third-order valence-electron chi connectivity index (χ3n) is 6.14. The molecule has 172 valence electrons. The van der Waals surface area contributed by atoms with E-state index in [2.05, 4.69) is 0 Å². The fraction of sp³-hybridized carbons (Fsp3) is 0. The smallest absolute Gasteiger partial charge is 0.234 e. The first-order chi connectivity index (χ1) is 17.6. The van der Waals surface area contributed by atoms with E-state index in [1.54, 1.807) is 72.8 Å². The maximum absolute atomic E-state index is 13.0. The van der Waals surface area contributed by atoms with E-state index in [0.29, 0.717) is 50.3 Å². The Morgan fingerprint density at radius 2 is 1.06 bits per heavy atom. The summed E-state index contributed by atoms with van der Waals surface area (Å²) in [7, 11) is 0. The Morgan fingerprint density at radius 3 is 1.69 bits per heavy atom. The van der Waals surface area contributed by atoms with Crippen LogP contribution < -0.4 is 9.47 Å². The molecule has 1 aliphatic carbocycles. The van der Waals surface area contributed by atoms with E-state index in [9.17, 15) is 14.4 Å². The van der Waals surface area contributed by atoms with Crippen molar-refractivity contribution in [1.29, 1.82) is 0 Å². The zero-order valence-corrected chi connectivity index (χ0v) is 18.9. The van der Waals surface area contributed by atoms with Crippen LogP contribution in [0.3, 0.4) is 0 Å². The zero-order chi connectivity index (χ0) is 24.6. The summed E-state index contributed by atoms with van der Waals surface area (Å²) in [6, 6.07) is 31.8. The average Bonchev–Trinajstić information content (AvgIpc) is 3.17. The predicted molar refractivity (Wildman–Crippen MR) is 136 cm³/mol. The molecule has 5 heteroatoms. The van der Waals surface area contributed by atoms with Crippen molar-refractivity contribution in [2.75, 3.05) is 0 Å². The van der Waals surface area contributed by atoms with Crippen molar-refractivity contribution in [1.82, 2.24) is 0 Å². The van der Waals surface area contributed by atoms with Crippen molar-refractivity contribution < 1.29 is 23.9 Å². The summed E-state index contributed by atoms with van der Waals surface area (Å²) in [4.78, 5) is 37.4. The van der Waals surface area contributed by atoms with Crippen molar-refractivity contribution in [3.8, 4) is 23.0 Å². The van der Waals surface area contributed by atoms with Crippen LogP contribution in [0.25, 0.3) is 10.8 Å². The summed E-state index contributed by atoms with van der Waals surface area (Å²) >= 11 is 0. The van der Waals surface area contributed by atoms with Crippen LogP contribution in [0.15, 0.2) is 109 Å². The van der Waals surface area contributed by atoms with E-state index in [4.69, 9.17) is 9.47 Å². The molecule has 0 N–H and O–H groups in total. The minimum absolute atomic E-state index is 0.116. The van der Waals surface area contributed by atoms with E-state index in [-0.39, 0.29) is 5.78 Å². The lowest BCUT2D eigenvalue weighted by molar-refractivity contribution is 0.0825. The van der Waals surface area contributed by atoms with Crippen LogP contribution in [0.4, 0.5) is 0 Å². The van der Waals surface area contributed by atoms with Crippen LogP contribution in [-0.4, -0.2) is 17.3 Å². The minimum atomic E-state index is -0.490. The summed E-state index contributed by atoms with van der Waals surface area (Å²) in [5.41, 5.74) is 1.87. The Hall–Kier alpha value is -5.03. The number of para-hydroxylation sites is 1. The molecule has 0 unspecified atom stereocenters. The standard InChI is InChI=1S/C31H18O5/c32-29(19-9-13-22(14-10-19)35-21-5-2-1-3-6-21)20-11-15-23(16-12-20)36-27-18-17-26-28-24(27)7-4-8-25(28)30(33)31(26)34/h1-18H. The lowest BCUT2D eigenvalue weighted by Crippen LogP contribution is -2.05. The van der Waals surface area contributed by atoms with Crippen molar-refractivity contribution in [2.45, 2.75) is 0 Å². The molecule has 0 heterocycles. The molecule has 0 saturated carbocycles. The average molecular weight is 470 g/mol. The minimum Gasteiger partial charge on any atom is -0.457 e. The van der Waals surface area contributed by atoms with E-state index in [1.807, 2.05) is 36.4 Å². The fourth-order valence-electron chi connectivity index (χ4n) is 4.36. The first-order valence-electron chi connectivity index (χ1n) is 11.4. The molecule has 0 saturated heterocycles. The van der Waals surface area contributed by atoms with Gasteiger partial charge in [-0.1, -0.05) is 36.4 Å². The summed E-state index contributed by atoms with van der Waals surface area (Å²) in [5, 5.41) is 1.32. The molecule has 0 radical (unpaired) electrons. The van der Waals surface area contributed by atoms with Gasteiger partial charge in [0.15, 0.2) is 5.78 Å². The van der Waals surface area contributed by atoms with E-state index in [0.717, 1.165) is 5.75 Å². The van der Waals surface area contributed by atoms with Gasteiger partial charge in [-0.25, -0.2) is 0 Å². The molecule has 0 fully saturated rings. The number of carbonyl (C=O) groups excluding carboxylic acids is 3. The lowest BCUT2D eigenvalue weighted by Gasteiger charge is -2.11.